The van der Waals surface area contributed by atoms with E-state index in [4.69, 9.17) is 21.4 Å². The SMILES string of the molecule is COc1ccc(C(=O)O)c(NC(=O)c2cc(Cl)ccn2)c1. The first kappa shape index (κ1) is 14.8. The third kappa shape index (κ3) is 3.49. The zero-order valence-corrected chi connectivity index (χ0v) is 11.7. The normalized spacial score (nSPS) is 10.0. The number of rotatable bonds is 4. The van der Waals surface area contributed by atoms with Gasteiger partial charge in [0.2, 0.25) is 0 Å². The number of nitrogens with zero attached hydrogens (tertiary/aromatic N) is 1. The van der Waals surface area contributed by atoms with Gasteiger partial charge in [0.15, 0.2) is 0 Å². The van der Waals surface area contributed by atoms with Crippen LogP contribution in [0.25, 0.3) is 0 Å². The van der Waals surface area contributed by atoms with E-state index in [-0.39, 0.29) is 16.9 Å². The number of carbonyl (C=O) groups is 2. The monoisotopic (exact) mass is 306 g/mol. The van der Waals surface area contributed by atoms with Crippen molar-refractivity contribution in [3.05, 3.63) is 52.8 Å². The van der Waals surface area contributed by atoms with Gasteiger partial charge in [-0.3, -0.25) is 9.78 Å². The van der Waals surface area contributed by atoms with Gasteiger partial charge < -0.3 is 15.2 Å². The highest BCUT2D eigenvalue weighted by molar-refractivity contribution is 6.31. The van der Waals surface area contributed by atoms with Gasteiger partial charge in [0.1, 0.15) is 11.4 Å². The van der Waals surface area contributed by atoms with E-state index in [9.17, 15) is 9.59 Å². The lowest BCUT2D eigenvalue weighted by molar-refractivity contribution is 0.0698. The summed E-state index contributed by atoms with van der Waals surface area (Å²) in [5, 5.41) is 12.0. The van der Waals surface area contributed by atoms with E-state index in [1.165, 1.54) is 43.6 Å². The first-order chi connectivity index (χ1) is 10.0. The van der Waals surface area contributed by atoms with E-state index < -0.39 is 11.9 Å². The number of hydrogen-bond donors (Lipinski definition) is 2. The molecule has 0 atom stereocenters. The molecular formula is C14H11ClN2O4. The van der Waals surface area contributed by atoms with Gasteiger partial charge in [-0.15, -0.1) is 0 Å². The number of amides is 1. The quantitative estimate of drug-likeness (QED) is 0.906. The Balaban J connectivity index is 2.33. The molecule has 6 nitrogen and oxygen atoms in total. The van der Waals surface area contributed by atoms with Crippen molar-refractivity contribution >= 4 is 29.2 Å². The number of aromatic nitrogens is 1. The fourth-order valence-corrected chi connectivity index (χ4v) is 1.82. The van der Waals surface area contributed by atoms with Crippen LogP contribution in [0.2, 0.25) is 5.02 Å². The molecule has 0 saturated heterocycles. The molecule has 0 aliphatic carbocycles. The molecule has 0 aliphatic rings. The Kier molecular flexibility index (Phi) is 4.39. The second kappa shape index (κ2) is 6.23. The molecule has 0 aliphatic heterocycles. The summed E-state index contributed by atoms with van der Waals surface area (Å²) in [6.07, 6.45) is 1.39. The molecule has 1 aromatic heterocycles. The molecule has 2 rings (SSSR count). The second-order valence-corrected chi connectivity index (χ2v) is 4.47. The number of benzene rings is 1. The van der Waals surface area contributed by atoms with Gasteiger partial charge in [-0.2, -0.15) is 0 Å². The van der Waals surface area contributed by atoms with E-state index in [1.54, 1.807) is 0 Å². The number of halogens is 1. The molecule has 108 valence electrons. The molecule has 2 N–H and O–H groups in total. The van der Waals surface area contributed by atoms with Gasteiger partial charge in [0, 0.05) is 17.3 Å². The van der Waals surface area contributed by atoms with Crippen molar-refractivity contribution in [2.24, 2.45) is 0 Å². The summed E-state index contributed by atoms with van der Waals surface area (Å²) < 4.78 is 5.02. The molecular weight excluding hydrogens is 296 g/mol. The molecule has 0 bridgehead atoms. The summed E-state index contributed by atoms with van der Waals surface area (Å²) in [6.45, 7) is 0. The van der Waals surface area contributed by atoms with Crippen LogP contribution in [-0.4, -0.2) is 29.1 Å². The zero-order valence-electron chi connectivity index (χ0n) is 11.0. The average molecular weight is 307 g/mol. The van der Waals surface area contributed by atoms with Gasteiger partial charge in [-0.25, -0.2) is 4.79 Å². The predicted molar refractivity (Wildman–Crippen MR) is 77.2 cm³/mol. The van der Waals surface area contributed by atoms with Gasteiger partial charge in [0.25, 0.3) is 5.91 Å². The lowest BCUT2D eigenvalue weighted by Crippen LogP contribution is -2.16. The lowest BCUT2D eigenvalue weighted by atomic mass is 10.1. The number of hydrogen-bond acceptors (Lipinski definition) is 4. The smallest absolute Gasteiger partial charge is 0.337 e. The number of carboxylic acids is 1. The van der Waals surface area contributed by atoms with E-state index >= 15 is 0 Å². The molecule has 7 heteroatoms. The minimum absolute atomic E-state index is 0.0498. The van der Waals surface area contributed by atoms with Crippen molar-refractivity contribution in [3.8, 4) is 5.75 Å². The molecule has 1 heterocycles. The number of methoxy groups -OCH3 is 1. The molecule has 21 heavy (non-hydrogen) atoms. The summed E-state index contributed by atoms with van der Waals surface area (Å²) in [4.78, 5) is 27.1. The Morgan fingerprint density at radius 3 is 2.67 bits per heavy atom. The number of carboxylic acid groups (broad SMARTS) is 1. The van der Waals surface area contributed by atoms with Crippen LogP contribution in [0.5, 0.6) is 5.75 Å². The molecule has 0 saturated carbocycles. The maximum absolute atomic E-state index is 12.1. The predicted octanol–water partition coefficient (Wildman–Crippen LogP) is 2.69. The molecule has 0 fully saturated rings. The summed E-state index contributed by atoms with van der Waals surface area (Å²) in [6, 6.07) is 7.19. The average Bonchev–Trinajstić information content (AvgIpc) is 2.46. The summed E-state index contributed by atoms with van der Waals surface area (Å²) in [7, 11) is 1.44. The molecule has 1 aromatic carbocycles. The fourth-order valence-electron chi connectivity index (χ4n) is 1.66. The number of carbonyl (C=O) groups excluding carboxylic acids is 1. The minimum Gasteiger partial charge on any atom is -0.497 e. The van der Waals surface area contributed by atoms with Crippen LogP contribution in [0, 0.1) is 0 Å². The Morgan fingerprint density at radius 1 is 1.29 bits per heavy atom. The topological polar surface area (TPSA) is 88.5 Å². The van der Waals surface area contributed by atoms with Crippen molar-refractivity contribution in [2.75, 3.05) is 12.4 Å². The summed E-state index contributed by atoms with van der Waals surface area (Å²) >= 11 is 5.79. The number of pyridine rings is 1. The van der Waals surface area contributed by atoms with Gasteiger partial charge in [-0.1, -0.05) is 11.6 Å². The Bertz CT molecular complexity index is 703. The van der Waals surface area contributed by atoms with E-state index in [1.807, 2.05) is 0 Å². The Hall–Kier alpha value is -2.60. The van der Waals surface area contributed by atoms with Gasteiger partial charge >= 0.3 is 5.97 Å². The van der Waals surface area contributed by atoms with Crippen molar-refractivity contribution in [2.45, 2.75) is 0 Å². The third-order valence-electron chi connectivity index (χ3n) is 2.66. The van der Waals surface area contributed by atoms with Crippen LogP contribution in [-0.2, 0) is 0 Å². The lowest BCUT2D eigenvalue weighted by Gasteiger charge is -2.10. The summed E-state index contributed by atoms with van der Waals surface area (Å²) in [5.74, 6) is -1.30. The van der Waals surface area contributed by atoms with Crippen LogP contribution in [0.3, 0.4) is 0 Å². The van der Waals surface area contributed by atoms with Crippen LogP contribution < -0.4 is 10.1 Å². The maximum atomic E-state index is 12.1. The standard InChI is InChI=1S/C14H11ClN2O4/c1-21-9-2-3-10(14(19)20)11(7-9)17-13(18)12-6-8(15)4-5-16-12/h2-7H,1H3,(H,17,18)(H,19,20). The highest BCUT2D eigenvalue weighted by atomic mass is 35.5. The highest BCUT2D eigenvalue weighted by Gasteiger charge is 2.15. The first-order valence-electron chi connectivity index (χ1n) is 5.85. The number of anilines is 1. The van der Waals surface area contributed by atoms with Crippen molar-refractivity contribution in [3.63, 3.8) is 0 Å². The minimum atomic E-state index is -1.16. The summed E-state index contributed by atoms with van der Waals surface area (Å²) in [5.41, 5.74) is 0.154. The van der Waals surface area contributed by atoms with Crippen LogP contribution in [0.1, 0.15) is 20.8 Å². The van der Waals surface area contributed by atoms with Crippen molar-refractivity contribution in [1.29, 1.82) is 0 Å². The Labute approximate surface area is 125 Å². The molecule has 2 aromatic rings. The van der Waals surface area contributed by atoms with E-state index in [0.717, 1.165) is 0 Å². The maximum Gasteiger partial charge on any atom is 0.337 e. The molecule has 0 radical (unpaired) electrons. The Morgan fingerprint density at radius 2 is 2.05 bits per heavy atom. The first-order valence-corrected chi connectivity index (χ1v) is 6.23. The van der Waals surface area contributed by atoms with E-state index in [2.05, 4.69) is 10.3 Å². The second-order valence-electron chi connectivity index (χ2n) is 4.03. The number of nitrogens with one attached hydrogen (secondary N) is 1. The van der Waals surface area contributed by atoms with Crippen LogP contribution >= 0.6 is 11.6 Å². The fraction of sp³-hybridized carbons (Fsp3) is 0.0714. The molecule has 0 spiro atoms. The van der Waals surface area contributed by atoms with Crippen LogP contribution in [0.15, 0.2) is 36.5 Å². The third-order valence-corrected chi connectivity index (χ3v) is 2.90. The van der Waals surface area contributed by atoms with Crippen LogP contribution in [0.4, 0.5) is 5.69 Å². The van der Waals surface area contributed by atoms with Crippen molar-refractivity contribution < 1.29 is 19.4 Å². The van der Waals surface area contributed by atoms with Gasteiger partial charge in [-0.05, 0) is 24.3 Å². The molecule has 0 unspecified atom stereocenters. The van der Waals surface area contributed by atoms with E-state index in [0.29, 0.717) is 10.8 Å². The van der Waals surface area contributed by atoms with Crippen molar-refractivity contribution in [1.82, 2.24) is 4.98 Å². The number of ether oxygens (including phenoxy) is 1. The molecule has 1 amide bonds. The number of aromatic carboxylic acids is 1. The van der Waals surface area contributed by atoms with Gasteiger partial charge in [0.05, 0.1) is 18.4 Å². The zero-order chi connectivity index (χ0) is 15.4. The highest BCUT2D eigenvalue weighted by Crippen LogP contribution is 2.23. The largest absolute Gasteiger partial charge is 0.497 e.